The summed E-state index contributed by atoms with van der Waals surface area (Å²) in [6.07, 6.45) is 17.5. The smallest absolute Gasteiger partial charge is 0.0447 e. The lowest BCUT2D eigenvalue weighted by molar-refractivity contribution is 0.440. The van der Waals surface area contributed by atoms with Gasteiger partial charge >= 0.3 is 0 Å². The molecular weight excluding hydrogens is 340 g/mol. The molecule has 4 N–H and O–H groups in total. The van der Waals surface area contributed by atoms with Crippen molar-refractivity contribution in [2.24, 2.45) is 0 Å². The highest BCUT2D eigenvalue weighted by Gasteiger charge is 2.29. The van der Waals surface area contributed by atoms with Gasteiger partial charge in [-0.05, 0) is 70.8 Å². The monoisotopic (exact) mass is 380 g/mol. The summed E-state index contributed by atoms with van der Waals surface area (Å²) in [5.74, 6) is 1.10. The van der Waals surface area contributed by atoms with E-state index in [1.165, 1.54) is 97.6 Å². The second kappa shape index (κ2) is 9.20. The Morgan fingerprint density at radius 3 is 1.32 bits per heavy atom. The highest BCUT2D eigenvalue weighted by molar-refractivity contribution is 5.86. The van der Waals surface area contributed by atoms with E-state index in [-0.39, 0.29) is 0 Å². The van der Waals surface area contributed by atoms with Crippen LogP contribution in [0.15, 0.2) is 11.1 Å². The first kappa shape index (κ1) is 21.0. The number of nitrogen functional groups attached to an aromatic ring is 2. The molecule has 0 atom stereocenters. The first-order chi connectivity index (χ1) is 13.4. The minimum atomic E-state index is 0.516. The molecule has 0 heterocycles. The number of benzene rings is 1. The van der Waals surface area contributed by atoms with Crippen LogP contribution in [0.25, 0.3) is 12.2 Å². The molecule has 2 aliphatic carbocycles. The number of rotatable bonds is 4. The van der Waals surface area contributed by atoms with Crippen molar-refractivity contribution in [3.63, 3.8) is 0 Å². The molecule has 0 unspecified atom stereocenters. The Hall–Kier alpha value is -1.70. The molecule has 0 aliphatic heterocycles. The zero-order valence-electron chi connectivity index (χ0n) is 18.5. The molecule has 2 saturated carbocycles. The van der Waals surface area contributed by atoms with Crippen LogP contribution in [0.4, 0.5) is 11.4 Å². The Balaban J connectivity index is 2.29. The Morgan fingerprint density at radius 1 is 0.607 bits per heavy atom. The van der Waals surface area contributed by atoms with Crippen LogP contribution in [0.1, 0.15) is 126 Å². The van der Waals surface area contributed by atoms with Gasteiger partial charge in [0.05, 0.1) is 0 Å². The number of anilines is 2. The fourth-order valence-corrected chi connectivity index (χ4v) is 5.42. The van der Waals surface area contributed by atoms with Crippen molar-refractivity contribution in [2.75, 3.05) is 11.5 Å². The van der Waals surface area contributed by atoms with Crippen LogP contribution < -0.4 is 11.5 Å². The molecule has 2 heteroatoms. The third kappa shape index (κ3) is 4.47. The third-order valence-corrected chi connectivity index (χ3v) is 6.63. The molecule has 3 rings (SSSR count). The maximum atomic E-state index is 6.93. The highest BCUT2D eigenvalue weighted by Crippen LogP contribution is 2.48. The molecule has 28 heavy (non-hydrogen) atoms. The summed E-state index contributed by atoms with van der Waals surface area (Å²) in [5, 5.41) is 0. The summed E-state index contributed by atoms with van der Waals surface area (Å²) in [6.45, 7) is 8.73. The lowest BCUT2D eigenvalue weighted by atomic mass is 9.74. The molecule has 0 bridgehead atoms. The fourth-order valence-electron chi connectivity index (χ4n) is 5.42. The maximum Gasteiger partial charge on any atom is 0.0447 e. The Kier molecular flexibility index (Phi) is 6.91. The molecule has 154 valence electrons. The summed E-state index contributed by atoms with van der Waals surface area (Å²) in [5.41, 5.74) is 23.6. The van der Waals surface area contributed by atoms with Gasteiger partial charge in [0.15, 0.2) is 0 Å². The topological polar surface area (TPSA) is 52.0 Å². The van der Waals surface area contributed by atoms with E-state index in [4.69, 9.17) is 11.5 Å². The van der Waals surface area contributed by atoms with Crippen molar-refractivity contribution in [2.45, 2.75) is 104 Å². The Morgan fingerprint density at radius 2 is 0.964 bits per heavy atom. The van der Waals surface area contributed by atoms with E-state index >= 15 is 0 Å². The van der Waals surface area contributed by atoms with Gasteiger partial charge < -0.3 is 11.5 Å². The summed E-state index contributed by atoms with van der Waals surface area (Å²) >= 11 is 0. The van der Waals surface area contributed by atoms with Crippen LogP contribution in [0.5, 0.6) is 0 Å². The van der Waals surface area contributed by atoms with Crippen LogP contribution in [-0.4, -0.2) is 0 Å². The summed E-state index contributed by atoms with van der Waals surface area (Å²) < 4.78 is 0. The molecule has 2 nitrogen and oxygen atoms in total. The molecule has 1 aromatic rings. The Bertz CT molecular complexity index is 704. The van der Waals surface area contributed by atoms with Gasteiger partial charge in [-0.25, -0.2) is 0 Å². The van der Waals surface area contributed by atoms with Crippen LogP contribution in [0.3, 0.4) is 0 Å². The highest BCUT2D eigenvalue weighted by atomic mass is 14.7. The van der Waals surface area contributed by atoms with Crippen LogP contribution in [-0.2, 0) is 0 Å². The average molecular weight is 381 g/mol. The van der Waals surface area contributed by atoms with E-state index in [1.54, 1.807) is 0 Å². The quantitative estimate of drug-likeness (QED) is 0.524. The number of hydrogen-bond donors (Lipinski definition) is 2. The zero-order valence-corrected chi connectivity index (χ0v) is 18.5. The Labute approximate surface area is 172 Å². The van der Waals surface area contributed by atoms with E-state index in [0.717, 1.165) is 11.4 Å². The van der Waals surface area contributed by atoms with E-state index in [9.17, 15) is 0 Å². The van der Waals surface area contributed by atoms with Gasteiger partial charge in [-0.15, -0.1) is 0 Å². The second-order valence-electron chi connectivity index (χ2n) is 9.60. The van der Waals surface area contributed by atoms with E-state index < -0.39 is 0 Å². The first-order valence-corrected chi connectivity index (χ1v) is 11.4. The first-order valence-electron chi connectivity index (χ1n) is 11.4. The van der Waals surface area contributed by atoms with Gasteiger partial charge in [0, 0.05) is 28.1 Å². The van der Waals surface area contributed by atoms with Gasteiger partial charge in [0.1, 0.15) is 0 Å². The molecular formula is C26H40N2. The molecule has 0 amide bonds. The van der Waals surface area contributed by atoms with Gasteiger partial charge in [0.25, 0.3) is 0 Å². The predicted molar refractivity (Wildman–Crippen MR) is 126 cm³/mol. The fraction of sp³-hybridized carbons (Fsp3) is 0.615. The van der Waals surface area contributed by atoms with Crippen molar-refractivity contribution in [1.29, 1.82) is 0 Å². The summed E-state index contributed by atoms with van der Waals surface area (Å²) in [7, 11) is 0. The number of hydrogen-bond acceptors (Lipinski definition) is 2. The zero-order chi connectivity index (χ0) is 20.3. The molecule has 0 radical (unpaired) electrons. The van der Waals surface area contributed by atoms with Crippen molar-refractivity contribution in [3.8, 4) is 0 Å². The molecule has 2 aliphatic rings. The normalized spacial score (nSPS) is 18.7. The number of allylic oxidation sites excluding steroid dienone is 2. The summed E-state index contributed by atoms with van der Waals surface area (Å²) in [6, 6.07) is 0. The van der Waals surface area contributed by atoms with Gasteiger partial charge in [0.2, 0.25) is 0 Å². The van der Waals surface area contributed by atoms with Crippen molar-refractivity contribution in [1.82, 2.24) is 0 Å². The van der Waals surface area contributed by atoms with Gasteiger partial charge in [-0.2, -0.15) is 0 Å². The van der Waals surface area contributed by atoms with Crippen LogP contribution in [0.2, 0.25) is 0 Å². The molecule has 2 fully saturated rings. The minimum absolute atomic E-state index is 0.516. The average Bonchev–Trinajstić information content (AvgIpc) is 2.67. The largest absolute Gasteiger partial charge is 0.398 e. The summed E-state index contributed by atoms with van der Waals surface area (Å²) in [4.78, 5) is 0. The minimum Gasteiger partial charge on any atom is -0.398 e. The van der Waals surface area contributed by atoms with Crippen molar-refractivity contribution >= 4 is 23.5 Å². The van der Waals surface area contributed by atoms with Crippen LogP contribution >= 0.6 is 0 Å². The van der Waals surface area contributed by atoms with Gasteiger partial charge in [-0.1, -0.05) is 61.8 Å². The molecule has 0 aromatic heterocycles. The standard InChI is InChI=1S/C26H40N2/c1-17(2)15-21-23(19-11-7-5-8-12-19)22(16-18(3)4)26(28)24(25(21)27)20-13-9-6-10-14-20/h15-16,19-20H,5-14,27-28H2,1-4H3. The molecule has 0 spiro atoms. The number of nitrogens with two attached hydrogens (primary N) is 2. The third-order valence-electron chi connectivity index (χ3n) is 6.63. The lowest BCUT2D eigenvalue weighted by Crippen LogP contribution is -2.17. The lowest BCUT2D eigenvalue weighted by Gasteiger charge is -2.32. The van der Waals surface area contributed by atoms with Gasteiger partial charge in [-0.3, -0.25) is 0 Å². The molecule has 0 saturated heterocycles. The SMILES string of the molecule is CC(C)=Cc1c(N)c(C2CCCCC2)c(N)c(C=C(C)C)c1C1CCCCC1. The molecule has 1 aromatic carbocycles. The predicted octanol–water partition coefficient (Wildman–Crippen LogP) is 7.79. The maximum absolute atomic E-state index is 6.93. The van der Waals surface area contributed by atoms with E-state index in [0.29, 0.717) is 11.8 Å². The van der Waals surface area contributed by atoms with Crippen LogP contribution in [0, 0.1) is 0 Å². The second-order valence-corrected chi connectivity index (χ2v) is 9.60. The van der Waals surface area contributed by atoms with E-state index in [1.807, 2.05) is 0 Å². The van der Waals surface area contributed by atoms with Crippen molar-refractivity contribution < 1.29 is 0 Å². The van der Waals surface area contributed by atoms with Crippen molar-refractivity contribution in [3.05, 3.63) is 33.4 Å². The van der Waals surface area contributed by atoms with E-state index in [2.05, 4.69) is 39.8 Å².